The number of ether oxygens (including phenoxy) is 2. The highest BCUT2D eigenvalue weighted by Gasteiger charge is 2.40. The van der Waals surface area contributed by atoms with Gasteiger partial charge in [0.15, 0.2) is 5.54 Å². The Hall–Kier alpha value is -4.02. The number of carbonyl (C=O) groups is 1. The number of rotatable bonds is 11. The summed E-state index contributed by atoms with van der Waals surface area (Å²) in [5, 5.41) is 4.65. The van der Waals surface area contributed by atoms with Gasteiger partial charge in [-0.05, 0) is 35.4 Å². The van der Waals surface area contributed by atoms with Crippen LogP contribution in [0.5, 0.6) is 5.75 Å². The fourth-order valence-electron chi connectivity index (χ4n) is 3.98. The summed E-state index contributed by atoms with van der Waals surface area (Å²) < 4.78 is 22.9. The van der Waals surface area contributed by atoms with E-state index < -0.39 is 12.4 Å². The van der Waals surface area contributed by atoms with E-state index in [9.17, 15) is 14.0 Å². The molecule has 0 spiro atoms. The highest BCUT2D eigenvalue weighted by atomic mass is 19.1. The number of amides is 1. The summed E-state index contributed by atoms with van der Waals surface area (Å²) in [6, 6.07) is 14.8. The predicted octanol–water partition coefficient (Wildman–Crippen LogP) is 2.20. The van der Waals surface area contributed by atoms with E-state index in [0.29, 0.717) is 24.2 Å². The number of hydrogen-bond acceptors (Lipinski definition) is 7. The Morgan fingerprint density at radius 2 is 1.97 bits per heavy atom. The molecule has 3 aromatic rings. The van der Waals surface area contributed by atoms with Gasteiger partial charge in [-0.2, -0.15) is 0 Å². The number of nitrogens with zero attached hydrogens (tertiary/aromatic N) is 2. The van der Waals surface area contributed by atoms with E-state index in [1.165, 1.54) is 7.11 Å². The van der Waals surface area contributed by atoms with Crippen LogP contribution in [0.25, 0.3) is 0 Å². The molecule has 0 saturated heterocycles. The van der Waals surface area contributed by atoms with Crippen LogP contribution < -0.4 is 21.0 Å². The van der Waals surface area contributed by atoms with Crippen LogP contribution in [0, 0.1) is 0 Å². The molecule has 36 heavy (non-hydrogen) atoms. The van der Waals surface area contributed by atoms with Crippen molar-refractivity contribution >= 4 is 5.91 Å². The molecule has 3 heterocycles. The Balaban J connectivity index is 1.37. The summed E-state index contributed by atoms with van der Waals surface area (Å²) in [7, 11) is 1.52. The van der Waals surface area contributed by atoms with Crippen molar-refractivity contribution in [3.05, 3.63) is 106 Å². The lowest BCUT2D eigenvalue weighted by molar-refractivity contribution is -0.129. The number of carbonyl (C=O) groups excluding carboxylic acids is 1. The second kappa shape index (κ2) is 11.6. The zero-order chi connectivity index (χ0) is 25.4. The molecule has 3 N–H and O–H groups in total. The molecule has 0 aliphatic carbocycles. The van der Waals surface area contributed by atoms with Crippen LogP contribution in [0.3, 0.4) is 0 Å². The van der Waals surface area contributed by atoms with E-state index in [0.717, 1.165) is 11.1 Å². The summed E-state index contributed by atoms with van der Waals surface area (Å²) >= 11 is 0. The van der Waals surface area contributed by atoms with Crippen molar-refractivity contribution in [3.63, 3.8) is 0 Å². The van der Waals surface area contributed by atoms with Crippen LogP contribution in [-0.4, -0.2) is 47.0 Å². The van der Waals surface area contributed by atoms with E-state index in [1.807, 2.05) is 41.4 Å². The standard InChI is InChI=1S/C26H28FN5O4/c1-35-17-26(25(34)30-15-22-23(36-18-27)5-3-11-28-22)10-13-32(31-26)16-20-8-6-19(7-9-20)14-21-4-2-12-29-24(21)33/h2-13,31H,14-18H2,1H3,(H,29,33)(H,30,34). The number of benzene rings is 1. The molecule has 0 radical (unpaired) electrons. The summed E-state index contributed by atoms with van der Waals surface area (Å²) in [6.07, 6.45) is 7.26. The number of hydrogen-bond donors (Lipinski definition) is 3. The Morgan fingerprint density at radius 3 is 2.72 bits per heavy atom. The number of aromatic amines is 1. The average molecular weight is 494 g/mol. The van der Waals surface area contributed by atoms with Gasteiger partial charge in [0.05, 0.1) is 19.7 Å². The van der Waals surface area contributed by atoms with Gasteiger partial charge in [0.1, 0.15) is 11.4 Å². The van der Waals surface area contributed by atoms with Crippen molar-refractivity contribution < 1.29 is 18.7 Å². The number of pyridine rings is 2. The minimum Gasteiger partial charge on any atom is -0.461 e. The van der Waals surface area contributed by atoms with Crippen molar-refractivity contribution in [1.82, 2.24) is 25.7 Å². The van der Waals surface area contributed by atoms with E-state index in [-0.39, 0.29) is 30.4 Å². The molecule has 1 atom stereocenters. The SMILES string of the molecule is COCC1(C(=O)NCc2ncccc2OCF)C=CN(Cc2ccc(Cc3ccc[nH]c3=O)cc2)N1. The summed E-state index contributed by atoms with van der Waals surface area (Å²) in [5.41, 5.74) is 5.20. The van der Waals surface area contributed by atoms with Gasteiger partial charge >= 0.3 is 0 Å². The van der Waals surface area contributed by atoms with Gasteiger partial charge in [0, 0.05) is 37.7 Å². The highest BCUT2D eigenvalue weighted by Crippen LogP contribution is 2.20. The van der Waals surface area contributed by atoms with Crippen molar-refractivity contribution in [1.29, 1.82) is 0 Å². The first-order valence-corrected chi connectivity index (χ1v) is 11.4. The Morgan fingerprint density at radius 1 is 1.17 bits per heavy atom. The topological polar surface area (TPSA) is 109 Å². The molecule has 4 rings (SSSR count). The molecule has 1 aromatic carbocycles. The maximum atomic E-state index is 13.1. The monoisotopic (exact) mass is 493 g/mol. The van der Waals surface area contributed by atoms with Crippen molar-refractivity contribution in [2.24, 2.45) is 0 Å². The zero-order valence-corrected chi connectivity index (χ0v) is 19.9. The number of halogens is 1. The molecule has 0 saturated carbocycles. The quantitative estimate of drug-likeness (QED) is 0.376. The van der Waals surface area contributed by atoms with Crippen LogP contribution >= 0.6 is 0 Å². The smallest absolute Gasteiger partial charge is 0.251 e. The third kappa shape index (κ3) is 5.96. The lowest BCUT2D eigenvalue weighted by Gasteiger charge is -2.29. The van der Waals surface area contributed by atoms with Crippen LogP contribution in [0.2, 0.25) is 0 Å². The van der Waals surface area contributed by atoms with E-state index in [1.54, 1.807) is 36.8 Å². The van der Waals surface area contributed by atoms with Gasteiger partial charge < -0.3 is 24.8 Å². The van der Waals surface area contributed by atoms with Crippen LogP contribution in [0.15, 0.2) is 78.0 Å². The maximum absolute atomic E-state index is 13.1. The van der Waals surface area contributed by atoms with Gasteiger partial charge in [0.2, 0.25) is 12.8 Å². The third-order valence-corrected chi connectivity index (χ3v) is 5.80. The first kappa shape index (κ1) is 25.1. The molecule has 9 nitrogen and oxygen atoms in total. The summed E-state index contributed by atoms with van der Waals surface area (Å²) in [5.74, 6) is -0.0404. The Kier molecular flexibility index (Phi) is 8.09. The van der Waals surface area contributed by atoms with Gasteiger partial charge in [-0.3, -0.25) is 14.6 Å². The molecular weight excluding hydrogens is 465 g/mol. The first-order chi connectivity index (χ1) is 17.5. The molecule has 188 valence electrons. The summed E-state index contributed by atoms with van der Waals surface area (Å²) in [6.45, 7) is -0.296. The molecule has 0 bridgehead atoms. The Bertz CT molecular complexity index is 1260. The zero-order valence-electron chi connectivity index (χ0n) is 19.9. The molecule has 2 aromatic heterocycles. The highest BCUT2D eigenvalue weighted by molar-refractivity contribution is 5.89. The third-order valence-electron chi connectivity index (χ3n) is 5.80. The largest absolute Gasteiger partial charge is 0.461 e. The van der Waals surface area contributed by atoms with Crippen LogP contribution in [0.4, 0.5) is 4.39 Å². The molecule has 1 unspecified atom stereocenters. The lowest BCUT2D eigenvalue weighted by atomic mass is 10.0. The number of hydrazine groups is 1. The van der Waals surface area contributed by atoms with Gasteiger partial charge in [-0.15, -0.1) is 0 Å². The van der Waals surface area contributed by atoms with Crippen molar-refractivity contribution in [2.45, 2.75) is 25.0 Å². The second-order valence-electron chi connectivity index (χ2n) is 8.36. The predicted molar refractivity (Wildman–Crippen MR) is 131 cm³/mol. The fraction of sp³-hybridized carbons (Fsp3) is 0.269. The molecular formula is C26H28FN5O4. The van der Waals surface area contributed by atoms with Crippen molar-refractivity contribution in [3.8, 4) is 5.75 Å². The number of methoxy groups -OCH3 is 1. The minimum absolute atomic E-state index is 0.0711. The van der Waals surface area contributed by atoms with Crippen molar-refractivity contribution in [2.75, 3.05) is 20.6 Å². The lowest BCUT2D eigenvalue weighted by Crippen LogP contribution is -2.59. The van der Waals surface area contributed by atoms with Gasteiger partial charge in [-0.1, -0.05) is 30.3 Å². The van der Waals surface area contributed by atoms with Gasteiger partial charge in [-0.25, -0.2) is 9.82 Å². The second-order valence-corrected chi connectivity index (χ2v) is 8.36. The number of alkyl halides is 1. The number of H-pyrrole nitrogens is 1. The molecule has 1 amide bonds. The summed E-state index contributed by atoms with van der Waals surface area (Å²) in [4.78, 5) is 31.9. The minimum atomic E-state index is -1.11. The molecule has 10 heteroatoms. The Labute approximate surface area is 207 Å². The normalized spacial score (nSPS) is 16.8. The molecule has 1 aliphatic heterocycles. The average Bonchev–Trinajstić information content (AvgIpc) is 3.30. The number of aromatic nitrogens is 2. The number of nitrogens with one attached hydrogen (secondary N) is 3. The molecule has 0 fully saturated rings. The maximum Gasteiger partial charge on any atom is 0.251 e. The van der Waals surface area contributed by atoms with E-state index >= 15 is 0 Å². The van der Waals surface area contributed by atoms with E-state index in [4.69, 9.17) is 9.47 Å². The van der Waals surface area contributed by atoms with E-state index in [2.05, 4.69) is 20.7 Å². The van der Waals surface area contributed by atoms with Gasteiger partial charge in [0.25, 0.3) is 5.56 Å². The van der Waals surface area contributed by atoms with Crippen LogP contribution in [0.1, 0.15) is 22.4 Å². The van der Waals surface area contributed by atoms with Crippen LogP contribution in [-0.2, 0) is 29.0 Å². The fourth-order valence-corrected chi connectivity index (χ4v) is 3.98. The first-order valence-electron chi connectivity index (χ1n) is 11.4. The molecule has 1 aliphatic rings.